The predicted molar refractivity (Wildman–Crippen MR) is 112 cm³/mol. The molecule has 3 rings (SSSR count). The third-order valence-electron chi connectivity index (χ3n) is 4.80. The Kier molecular flexibility index (Phi) is 6.42. The van der Waals surface area contributed by atoms with Crippen molar-refractivity contribution < 1.29 is 14.3 Å². The zero-order valence-corrected chi connectivity index (χ0v) is 16.0. The second kappa shape index (κ2) is 9.17. The molecule has 0 unspecified atom stereocenters. The van der Waals surface area contributed by atoms with Gasteiger partial charge >= 0.3 is 5.97 Å². The Morgan fingerprint density at radius 3 is 1.48 bits per heavy atom. The predicted octanol–water partition coefficient (Wildman–Crippen LogP) is 3.11. The molecule has 1 atom stereocenters. The molecule has 0 fully saturated rings. The van der Waals surface area contributed by atoms with Crippen LogP contribution < -0.4 is 11.5 Å². The Bertz CT molecular complexity index is 847. The second-order valence-electron chi connectivity index (χ2n) is 6.81. The molecule has 0 spiro atoms. The van der Waals surface area contributed by atoms with Gasteiger partial charge in [0.05, 0.1) is 0 Å². The van der Waals surface area contributed by atoms with Crippen LogP contribution in [0, 0.1) is 0 Å². The van der Waals surface area contributed by atoms with Crippen molar-refractivity contribution in [3.05, 3.63) is 108 Å². The molecule has 1 amide bonds. The first-order valence-corrected chi connectivity index (χ1v) is 9.47. The van der Waals surface area contributed by atoms with Gasteiger partial charge in [-0.05, 0) is 6.42 Å². The van der Waals surface area contributed by atoms with Crippen molar-refractivity contribution in [1.29, 1.82) is 0 Å². The number of ether oxygens (including phenoxy) is 1. The highest BCUT2D eigenvalue weighted by molar-refractivity contribution is 5.79. The number of primary amides is 1. The maximum absolute atomic E-state index is 13.0. The molecule has 29 heavy (non-hydrogen) atoms. The number of nitrogens with two attached hydrogens (primary N) is 2. The molecule has 0 heterocycles. The zero-order valence-electron chi connectivity index (χ0n) is 16.0. The zero-order chi connectivity index (χ0) is 20.7. The van der Waals surface area contributed by atoms with Crippen molar-refractivity contribution in [3.8, 4) is 0 Å². The first-order chi connectivity index (χ1) is 14.0. The maximum atomic E-state index is 13.0. The molecule has 5 nitrogen and oxygen atoms in total. The van der Waals surface area contributed by atoms with Crippen molar-refractivity contribution in [2.45, 2.75) is 24.5 Å². The van der Waals surface area contributed by atoms with Crippen molar-refractivity contribution in [3.63, 3.8) is 0 Å². The molecule has 0 aliphatic carbocycles. The summed E-state index contributed by atoms with van der Waals surface area (Å²) in [5.74, 6) is -1.10. The van der Waals surface area contributed by atoms with Gasteiger partial charge < -0.3 is 16.2 Å². The standard InChI is InChI=1S/C24H24N2O3/c25-21(16-17-22(26)27)23(28)29-24(18-10-4-1-5-11-18,19-12-6-2-7-13-19)20-14-8-3-9-15-20/h1-15,21H,16-17,25H2,(H2,26,27)/t21-/m0/s1. The van der Waals surface area contributed by atoms with E-state index in [0.717, 1.165) is 16.7 Å². The molecule has 0 aliphatic rings. The van der Waals surface area contributed by atoms with Crippen LogP contribution in [-0.2, 0) is 19.9 Å². The normalized spacial score (nSPS) is 12.2. The van der Waals surface area contributed by atoms with Gasteiger partial charge in [-0.3, -0.25) is 9.59 Å². The fraction of sp³-hybridized carbons (Fsp3) is 0.167. The van der Waals surface area contributed by atoms with E-state index in [1.54, 1.807) is 0 Å². The van der Waals surface area contributed by atoms with E-state index in [2.05, 4.69) is 0 Å². The van der Waals surface area contributed by atoms with Crippen LogP contribution >= 0.6 is 0 Å². The highest BCUT2D eigenvalue weighted by atomic mass is 16.6. The summed E-state index contributed by atoms with van der Waals surface area (Å²) in [6.45, 7) is 0. The molecule has 0 saturated carbocycles. The Balaban J connectivity index is 2.12. The number of carbonyl (C=O) groups excluding carboxylic acids is 2. The molecule has 4 N–H and O–H groups in total. The van der Waals surface area contributed by atoms with Crippen LogP contribution in [0.1, 0.15) is 29.5 Å². The van der Waals surface area contributed by atoms with E-state index < -0.39 is 23.5 Å². The quantitative estimate of drug-likeness (QED) is 0.458. The van der Waals surface area contributed by atoms with Gasteiger partial charge in [-0.2, -0.15) is 0 Å². The Morgan fingerprint density at radius 2 is 1.14 bits per heavy atom. The maximum Gasteiger partial charge on any atom is 0.324 e. The van der Waals surface area contributed by atoms with Gasteiger partial charge in [0.2, 0.25) is 5.91 Å². The fourth-order valence-electron chi connectivity index (χ4n) is 3.34. The molecule has 3 aromatic carbocycles. The van der Waals surface area contributed by atoms with Crippen LogP contribution in [0.4, 0.5) is 0 Å². The number of rotatable bonds is 8. The summed E-state index contributed by atoms with van der Waals surface area (Å²) >= 11 is 0. The number of carbonyl (C=O) groups is 2. The minimum Gasteiger partial charge on any atom is -0.443 e. The van der Waals surface area contributed by atoms with Gasteiger partial charge in [-0.25, -0.2) is 0 Å². The van der Waals surface area contributed by atoms with Crippen LogP contribution in [0.5, 0.6) is 0 Å². The smallest absolute Gasteiger partial charge is 0.324 e. The molecule has 0 bridgehead atoms. The van der Waals surface area contributed by atoms with E-state index in [0.29, 0.717) is 0 Å². The van der Waals surface area contributed by atoms with Crippen LogP contribution in [-0.4, -0.2) is 17.9 Å². The molecule has 5 heteroatoms. The van der Waals surface area contributed by atoms with Gasteiger partial charge in [0.1, 0.15) is 6.04 Å². The third-order valence-corrected chi connectivity index (χ3v) is 4.80. The van der Waals surface area contributed by atoms with Crippen LogP contribution in [0.25, 0.3) is 0 Å². The lowest BCUT2D eigenvalue weighted by molar-refractivity contribution is -0.155. The SMILES string of the molecule is NC(=O)CC[C@H](N)C(=O)OC(c1ccccc1)(c1ccccc1)c1ccccc1. The lowest BCUT2D eigenvalue weighted by Gasteiger charge is -2.36. The van der Waals surface area contributed by atoms with Gasteiger partial charge in [-0.1, -0.05) is 91.0 Å². The molecule has 0 aromatic heterocycles. The molecular weight excluding hydrogens is 364 g/mol. The topological polar surface area (TPSA) is 95.4 Å². The van der Waals surface area contributed by atoms with Crippen molar-refractivity contribution in [2.24, 2.45) is 11.5 Å². The van der Waals surface area contributed by atoms with E-state index in [1.807, 2.05) is 91.0 Å². The first kappa shape index (κ1) is 20.3. The van der Waals surface area contributed by atoms with Gasteiger partial charge in [0, 0.05) is 23.1 Å². The van der Waals surface area contributed by atoms with E-state index in [-0.39, 0.29) is 12.8 Å². The van der Waals surface area contributed by atoms with Crippen LogP contribution in [0.2, 0.25) is 0 Å². The average Bonchev–Trinajstić information content (AvgIpc) is 2.77. The average molecular weight is 388 g/mol. The number of benzene rings is 3. The summed E-state index contributed by atoms with van der Waals surface area (Å²) in [5, 5.41) is 0. The summed E-state index contributed by atoms with van der Waals surface area (Å²) < 4.78 is 6.17. The summed E-state index contributed by atoms with van der Waals surface area (Å²) in [6, 6.07) is 27.7. The molecule has 148 valence electrons. The monoisotopic (exact) mass is 388 g/mol. The second-order valence-corrected chi connectivity index (χ2v) is 6.81. The first-order valence-electron chi connectivity index (χ1n) is 9.47. The number of esters is 1. The van der Waals surface area contributed by atoms with E-state index >= 15 is 0 Å². The molecular formula is C24H24N2O3. The van der Waals surface area contributed by atoms with Crippen LogP contribution in [0.3, 0.4) is 0 Å². The number of hydrogen-bond donors (Lipinski definition) is 2. The van der Waals surface area contributed by atoms with Gasteiger partial charge in [0.25, 0.3) is 0 Å². The molecule has 0 radical (unpaired) electrons. The fourth-order valence-corrected chi connectivity index (χ4v) is 3.34. The summed E-state index contributed by atoms with van der Waals surface area (Å²) in [7, 11) is 0. The lowest BCUT2D eigenvalue weighted by Crippen LogP contribution is -2.42. The molecule has 0 aliphatic heterocycles. The van der Waals surface area contributed by atoms with E-state index in [4.69, 9.17) is 16.2 Å². The summed E-state index contributed by atoms with van der Waals surface area (Å²) in [6.07, 6.45) is 0.147. The van der Waals surface area contributed by atoms with Gasteiger partial charge in [-0.15, -0.1) is 0 Å². The molecule has 3 aromatic rings. The van der Waals surface area contributed by atoms with Crippen molar-refractivity contribution >= 4 is 11.9 Å². The van der Waals surface area contributed by atoms with Crippen molar-refractivity contribution in [2.75, 3.05) is 0 Å². The van der Waals surface area contributed by atoms with Gasteiger partial charge in [0.15, 0.2) is 5.60 Å². The highest BCUT2D eigenvalue weighted by Gasteiger charge is 2.41. The van der Waals surface area contributed by atoms with Crippen LogP contribution in [0.15, 0.2) is 91.0 Å². The Morgan fingerprint density at radius 1 is 0.759 bits per heavy atom. The lowest BCUT2D eigenvalue weighted by atomic mass is 9.80. The molecule has 0 saturated heterocycles. The summed E-state index contributed by atoms with van der Waals surface area (Å²) in [4.78, 5) is 24.1. The van der Waals surface area contributed by atoms with E-state index in [1.165, 1.54) is 0 Å². The number of hydrogen-bond acceptors (Lipinski definition) is 4. The number of amides is 1. The Hall–Kier alpha value is -3.44. The third kappa shape index (κ3) is 4.52. The largest absolute Gasteiger partial charge is 0.443 e. The summed E-state index contributed by atoms with van der Waals surface area (Å²) in [5.41, 5.74) is 12.4. The Labute approximate surface area is 170 Å². The minimum absolute atomic E-state index is 0.0191. The highest BCUT2D eigenvalue weighted by Crippen LogP contribution is 2.40. The minimum atomic E-state index is -1.18. The van der Waals surface area contributed by atoms with E-state index in [9.17, 15) is 9.59 Å². The van der Waals surface area contributed by atoms with Crippen molar-refractivity contribution in [1.82, 2.24) is 0 Å².